The van der Waals surface area contributed by atoms with Crippen LogP contribution in [-0.4, -0.2) is 9.98 Å². The second-order valence-corrected chi connectivity index (χ2v) is 3.59. The van der Waals surface area contributed by atoms with Crippen molar-refractivity contribution >= 4 is 34.4 Å². The molecular weight excluding hydrogens is 200 g/mol. The first-order chi connectivity index (χ1) is 6.13. The van der Waals surface area contributed by atoms with E-state index >= 15 is 0 Å². The maximum atomic E-state index is 5.53. The fourth-order valence-corrected chi connectivity index (χ4v) is 1.71. The van der Waals surface area contributed by atoms with Crippen molar-refractivity contribution < 1.29 is 0 Å². The summed E-state index contributed by atoms with van der Waals surface area (Å²) in [5, 5.41) is 0. The molecule has 0 amide bonds. The van der Waals surface area contributed by atoms with Crippen LogP contribution >= 0.6 is 24.4 Å². The number of thiocarbonyl (C=S) groups is 2. The van der Waals surface area contributed by atoms with Crippen LogP contribution in [-0.2, 0) is 0 Å². The lowest BCUT2D eigenvalue weighted by molar-refractivity contribution is 1.21. The van der Waals surface area contributed by atoms with Gasteiger partial charge in [-0.15, -0.1) is 0 Å². The van der Waals surface area contributed by atoms with E-state index in [1.807, 2.05) is 30.3 Å². The molecule has 0 radical (unpaired) electrons. The topological polar surface area (TPSA) is 52.0 Å². The van der Waals surface area contributed by atoms with Crippen molar-refractivity contribution in [3.63, 3.8) is 0 Å². The van der Waals surface area contributed by atoms with E-state index in [-0.39, 0.29) is 5.92 Å². The zero-order valence-electron chi connectivity index (χ0n) is 6.94. The second kappa shape index (κ2) is 4.30. The van der Waals surface area contributed by atoms with Gasteiger partial charge in [-0.05, 0) is 5.56 Å². The molecule has 1 aromatic carbocycles. The molecule has 4 heteroatoms. The summed E-state index contributed by atoms with van der Waals surface area (Å²) in [7, 11) is 0. The van der Waals surface area contributed by atoms with Crippen molar-refractivity contribution in [1.29, 1.82) is 0 Å². The lowest BCUT2D eigenvalue weighted by Crippen LogP contribution is -2.30. The summed E-state index contributed by atoms with van der Waals surface area (Å²) in [5.74, 6) is -0.286. The lowest BCUT2D eigenvalue weighted by atomic mass is 9.99. The Morgan fingerprint density at radius 3 is 1.85 bits per heavy atom. The third kappa shape index (κ3) is 2.47. The van der Waals surface area contributed by atoms with Gasteiger partial charge >= 0.3 is 0 Å². The van der Waals surface area contributed by atoms with E-state index < -0.39 is 0 Å². The van der Waals surface area contributed by atoms with Crippen molar-refractivity contribution in [2.24, 2.45) is 11.5 Å². The molecule has 0 saturated heterocycles. The summed E-state index contributed by atoms with van der Waals surface area (Å²) in [6.45, 7) is 0. The molecule has 4 N–H and O–H groups in total. The SMILES string of the molecule is NC(=S)C(C(N)=S)c1ccccc1. The molecule has 0 aliphatic heterocycles. The van der Waals surface area contributed by atoms with Crippen molar-refractivity contribution in [3.8, 4) is 0 Å². The number of benzene rings is 1. The Labute approximate surface area is 87.9 Å². The molecule has 0 spiro atoms. The molecule has 0 fully saturated rings. The quantitative estimate of drug-likeness (QED) is 0.739. The molecule has 1 rings (SSSR count). The van der Waals surface area contributed by atoms with Crippen LogP contribution in [0.25, 0.3) is 0 Å². The van der Waals surface area contributed by atoms with Gasteiger partial charge in [0, 0.05) is 0 Å². The Balaban J connectivity index is 3.03. The standard InChI is InChI=1S/C9H10N2S2/c10-8(12)7(9(11)13)6-4-2-1-3-5-6/h1-5,7H,(H2,10,12)(H2,11,13). The Kier molecular flexibility index (Phi) is 3.33. The monoisotopic (exact) mass is 210 g/mol. The van der Waals surface area contributed by atoms with Gasteiger partial charge in [-0.25, -0.2) is 0 Å². The van der Waals surface area contributed by atoms with Gasteiger partial charge in [-0.3, -0.25) is 0 Å². The third-order valence-electron chi connectivity index (χ3n) is 1.70. The molecule has 0 aromatic heterocycles. The van der Waals surface area contributed by atoms with Crippen LogP contribution in [0.5, 0.6) is 0 Å². The van der Waals surface area contributed by atoms with Crippen LogP contribution in [0.4, 0.5) is 0 Å². The maximum absolute atomic E-state index is 5.53. The van der Waals surface area contributed by atoms with Gasteiger partial charge in [0.2, 0.25) is 0 Å². The average Bonchev–Trinajstić information content (AvgIpc) is 2.04. The molecule has 0 heterocycles. The second-order valence-electron chi connectivity index (χ2n) is 2.65. The molecule has 68 valence electrons. The average molecular weight is 210 g/mol. The Morgan fingerprint density at radius 2 is 1.46 bits per heavy atom. The number of nitrogens with two attached hydrogens (primary N) is 2. The minimum absolute atomic E-state index is 0.286. The third-order valence-corrected chi connectivity index (χ3v) is 2.17. The van der Waals surface area contributed by atoms with Crippen LogP contribution in [0.3, 0.4) is 0 Å². The van der Waals surface area contributed by atoms with Crippen molar-refractivity contribution in [2.75, 3.05) is 0 Å². The van der Waals surface area contributed by atoms with Gasteiger partial charge in [0.1, 0.15) is 0 Å². The van der Waals surface area contributed by atoms with E-state index in [0.717, 1.165) is 5.56 Å². The van der Waals surface area contributed by atoms with Gasteiger partial charge in [0.15, 0.2) is 0 Å². The first-order valence-corrected chi connectivity index (χ1v) is 4.58. The van der Waals surface area contributed by atoms with E-state index in [4.69, 9.17) is 35.9 Å². The van der Waals surface area contributed by atoms with Gasteiger partial charge < -0.3 is 11.5 Å². The van der Waals surface area contributed by atoms with E-state index in [1.54, 1.807) is 0 Å². The normalized spacial score (nSPS) is 9.92. The van der Waals surface area contributed by atoms with Crippen molar-refractivity contribution in [3.05, 3.63) is 35.9 Å². The fourth-order valence-electron chi connectivity index (χ4n) is 1.11. The summed E-state index contributed by atoms with van der Waals surface area (Å²) < 4.78 is 0. The van der Waals surface area contributed by atoms with Gasteiger partial charge in [0.05, 0.1) is 15.9 Å². The highest BCUT2D eigenvalue weighted by Gasteiger charge is 2.16. The van der Waals surface area contributed by atoms with Crippen LogP contribution in [0.2, 0.25) is 0 Å². The highest BCUT2D eigenvalue weighted by Crippen LogP contribution is 2.15. The Bertz CT molecular complexity index is 308. The van der Waals surface area contributed by atoms with Crippen LogP contribution in [0.1, 0.15) is 11.5 Å². The first kappa shape index (κ1) is 10.1. The first-order valence-electron chi connectivity index (χ1n) is 3.76. The summed E-state index contributed by atoms with van der Waals surface area (Å²) in [6, 6.07) is 9.53. The number of hydrogen-bond acceptors (Lipinski definition) is 2. The predicted molar refractivity (Wildman–Crippen MR) is 62.8 cm³/mol. The molecular formula is C9H10N2S2. The Hall–Kier alpha value is -1.00. The summed E-state index contributed by atoms with van der Waals surface area (Å²) in [5.41, 5.74) is 12.0. The van der Waals surface area contributed by atoms with Crippen LogP contribution < -0.4 is 11.5 Å². The molecule has 0 bridgehead atoms. The molecule has 0 unspecified atom stereocenters. The van der Waals surface area contributed by atoms with E-state index in [0.29, 0.717) is 9.98 Å². The fraction of sp³-hybridized carbons (Fsp3) is 0.111. The van der Waals surface area contributed by atoms with Crippen molar-refractivity contribution in [1.82, 2.24) is 0 Å². The zero-order chi connectivity index (χ0) is 9.84. The van der Waals surface area contributed by atoms with Gasteiger partial charge in [0.25, 0.3) is 0 Å². The minimum atomic E-state index is -0.286. The highest BCUT2D eigenvalue weighted by molar-refractivity contribution is 7.82. The Morgan fingerprint density at radius 1 is 1.00 bits per heavy atom. The van der Waals surface area contributed by atoms with Crippen LogP contribution in [0.15, 0.2) is 30.3 Å². The predicted octanol–water partition coefficient (Wildman–Crippen LogP) is 1.34. The van der Waals surface area contributed by atoms with Gasteiger partial charge in [-0.2, -0.15) is 0 Å². The molecule has 2 nitrogen and oxygen atoms in total. The molecule has 0 aliphatic rings. The smallest absolute Gasteiger partial charge is 0.0872 e. The molecule has 0 aliphatic carbocycles. The summed E-state index contributed by atoms with van der Waals surface area (Å²) in [4.78, 5) is 0.636. The molecule has 13 heavy (non-hydrogen) atoms. The summed E-state index contributed by atoms with van der Waals surface area (Å²) in [6.07, 6.45) is 0. The van der Waals surface area contributed by atoms with Crippen molar-refractivity contribution in [2.45, 2.75) is 5.92 Å². The van der Waals surface area contributed by atoms with E-state index in [9.17, 15) is 0 Å². The minimum Gasteiger partial charge on any atom is -0.392 e. The summed E-state index contributed by atoms with van der Waals surface area (Å²) >= 11 is 9.77. The number of hydrogen-bond donors (Lipinski definition) is 2. The largest absolute Gasteiger partial charge is 0.392 e. The van der Waals surface area contributed by atoms with Gasteiger partial charge in [-0.1, -0.05) is 54.8 Å². The zero-order valence-corrected chi connectivity index (χ0v) is 8.57. The molecule has 0 atom stereocenters. The highest BCUT2D eigenvalue weighted by atomic mass is 32.1. The van der Waals surface area contributed by atoms with Crippen LogP contribution in [0, 0.1) is 0 Å². The van der Waals surface area contributed by atoms with E-state index in [2.05, 4.69) is 0 Å². The maximum Gasteiger partial charge on any atom is 0.0872 e. The lowest BCUT2D eigenvalue weighted by Gasteiger charge is -2.13. The molecule has 1 aromatic rings. The van der Waals surface area contributed by atoms with E-state index in [1.165, 1.54) is 0 Å². The number of rotatable bonds is 3. The molecule has 0 saturated carbocycles.